The second-order valence-corrected chi connectivity index (χ2v) is 11.6. The van der Waals surface area contributed by atoms with Gasteiger partial charge in [0, 0.05) is 40.6 Å². The predicted molar refractivity (Wildman–Crippen MR) is 160 cm³/mol. The molecule has 0 spiro atoms. The van der Waals surface area contributed by atoms with Crippen LogP contribution in [0.5, 0.6) is 5.75 Å². The van der Waals surface area contributed by atoms with Gasteiger partial charge >= 0.3 is 0 Å². The van der Waals surface area contributed by atoms with Crippen LogP contribution in [0.25, 0.3) is 21.8 Å². The summed E-state index contributed by atoms with van der Waals surface area (Å²) in [7, 11) is -3.99. The number of carbonyl (C=O) groups is 1. The zero-order valence-corrected chi connectivity index (χ0v) is 23.7. The zero-order chi connectivity index (χ0) is 28.3. The first-order chi connectivity index (χ1) is 19.3. The number of carbonyl (C=O) groups excluding carboxylic acids is 1. The van der Waals surface area contributed by atoms with Crippen molar-refractivity contribution in [1.82, 2.24) is 8.87 Å². The summed E-state index contributed by atoms with van der Waals surface area (Å²) in [6.07, 6.45) is 0. The van der Waals surface area contributed by atoms with Gasteiger partial charge in [-0.05, 0) is 74.4 Å². The molecule has 0 bridgehead atoms. The summed E-state index contributed by atoms with van der Waals surface area (Å²) in [6, 6.07) is 28.0. The summed E-state index contributed by atoms with van der Waals surface area (Å²) >= 11 is 0. The highest BCUT2D eigenvalue weighted by Crippen LogP contribution is 2.31. The molecule has 0 unspecified atom stereocenters. The number of hydrogen-bond donors (Lipinski definition) is 1. The molecule has 4 aromatic carbocycles. The van der Waals surface area contributed by atoms with Crippen molar-refractivity contribution in [2.45, 2.75) is 38.8 Å². The molecule has 5 rings (SSSR count). The maximum atomic E-state index is 13.8. The average Bonchev–Trinajstić information content (AvgIpc) is 3.27. The Labute approximate surface area is 235 Å². The number of fused-ring (bicyclic) bond motifs is 3. The van der Waals surface area contributed by atoms with Gasteiger partial charge in [-0.25, -0.2) is 8.42 Å². The molecule has 8 heteroatoms. The van der Waals surface area contributed by atoms with E-state index in [1.54, 1.807) is 12.1 Å². The quantitative estimate of drug-likeness (QED) is 0.218. The van der Waals surface area contributed by atoms with Crippen LogP contribution in [0, 0.1) is 6.92 Å². The van der Waals surface area contributed by atoms with Gasteiger partial charge in [0.05, 0.1) is 18.0 Å². The number of sulfonamides is 1. The van der Waals surface area contributed by atoms with Crippen LogP contribution in [0.15, 0.2) is 95.9 Å². The molecule has 0 aliphatic heterocycles. The summed E-state index contributed by atoms with van der Waals surface area (Å²) in [4.78, 5) is 13.4. The number of nitrogens with one attached hydrogen (secondary N) is 1. The first-order valence-electron chi connectivity index (χ1n) is 13.4. The van der Waals surface area contributed by atoms with E-state index < -0.39 is 15.9 Å². The van der Waals surface area contributed by atoms with Crippen molar-refractivity contribution in [2.75, 3.05) is 18.5 Å². The molecule has 0 aliphatic carbocycles. The lowest BCUT2D eigenvalue weighted by Gasteiger charge is -2.22. The van der Waals surface area contributed by atoms with Crippen molar-refractivity contribution in [1.29, 1.82) is 0 Å². The maximum absolute atomic E-state index is 13.8. The number of benzene rings is 4. The topological polar surface area (TPSA) is 80.6 Å². The average molecular weight is 556 g/mol. The molecule has 1 amide bonds. The van der Waals surface area contributed by atoms with E-state index in [1.807, 2.05) is 74.5 Å². The van der Waals surface area contributed by atoms with Crippen LogP contribution in [0.3, 0.4) is 0 Å². The van der Waals surface area contributed by atoms with Crippen molar-refractivity contribution in [3.63, 3.8) is 0 Å². The number of hydrogen-bond acceptors (Lipinski definition) is 4. The van der Waals surface area contributed by atoms with Gasteiger partial charge in [0.15, 0.2) is 0 Å². The van der Waals surface area contributed by atoms with E-state index in [9.17, 15) is 13.2 Å². The Morgan fingerprint density at radius 3 is 2.33 bits per heavy atom. The number of rotatable bonds is 10. The lowest BCUT2D eigenvalue weighted by molar-refractivity contribution is -0.116. The lowest BCUT2D eigenvalue weighted by atomic mass is 10.1. The minimum absolute atomic E-state index is 0.0614. The van der Waals surface area contributed by atoms with Crippen molar-refractivity contribution in [3.05, 3.63) is 102 Å². The molecule has 0 radical (unpaired) electrons. The zero-order valence-electron chi connectivity index (χ0n) is 22.9. The smallest absolute Gasteiger partial charge is 0.243 e. The van der Waals surface area contributed by atoms with Gasteiger partial charge in [-0.1, -0.05) is 48.5 Å². The van der Waals surface area contributed by atoms with E-state index in [0.29, 0.717) is 23.6 Å². The van der Waals surface area contributed by atoms with E-state index in [4.69, 9.17) is 4.74 Å². The maximum Gasteiger partial charge on any atom is 0.243 e. The molecule has 40 heavy (non-hydrogen) atoms. The first-order valence-corrected chi connectivity index (χ1v) is 14.8. The van der Waals surface area contributed by atoms with Crippen molar-refractivity contribution in [2.24, 2.45) is 0 Å². The Morgan fingerprint density at radius 2 is 1.60 bits per heavy atom. The highest BCUT2D eigenvalue weighted by Gasteiger charge is 2.28. The highest BCUT2D eigenvalue weighted by molar-refractivity contribution is 7.89. The normalized spacial score (nSPS) is 11.8. The Hall–Kier alpha value is -4.14. The molecule has 5 aromatic rings. The van der Waals surface area contributed by atoms with Gasteiger partial charge in [-0.2, -0.15) is 4.31 Å². The lowest BCUT2D eigenvalue weighted by Crippen LogP contribution is -2.37. The number of amides is 1. The van der Waals surface area contributed by atoms with Crippen molar-refractivity contribution in [3.8, 4) is 5.75 Å². The molecule has 1 heterocycles. The summed E-state index contributed by atoms with van der Waals surface area (Å²) in [5.41, 5.74) is 4.34. The van der Waals surface area contributed by atoms with Gasteiger partial charge in [0.25, 0.3) is 0 Å². The Bertz CT molecular complexity index is 1780. The van der Waals surface area contributed by atoms with Crippen LogP contribution < -0.4 is 10.1 Å². The number of nitrogens with zero attached hydrogens (tertiary/aromatic N) is 2. The van der Waals surface area contributed by atoms with Crippen LogP contribution >= 0.6 is 0 Å². The highest BCUT2D eigenvalue weighted by atomic mass is 32.2. The number of para-hydroxylation sites is 1. The van der Waals surface area contributed by atoms with E-state index in [2.05, 4.69) is 28.9 Å². The largest absolute Gasteiger partial charge is 0.494 e. The Balaban J connectivity index is 1.44. The minimum atomic E-state index is -3.99. The third-order valence-electron chi connectivity index (χ3n) is 6.98. The molecule has 0 fully saturated rings. The molecule has 0 aliphatic rings. The van der Waals surface area contributed by atoms with Crippen molar-refractivity contribution < 1.29 is 17.9 Å². The minimum Gasteiger partial charge on any atom is -0.494 e. The number of ether oxygens (including phenoxy) is 1. The molecular formula is C32H33N3O4S. The van der Waals surface area contributed by atoms with Crippen LogP contribution in [0.2, 0.25) is 0 Å². The summed E-state index contributed by atoms with van der Waals surface area (Å²) in [5.74, 6) is 0.217. The first kappa shape index (κ1) is 27.4. The van der Waals surface area contributed by atoms with E-state index in [-0.39, 0.29) is 18.0 Å². The molecule has 7 nitrogen and oxygen atoms in total. The number of aromatic nitrogens is 1. The van der Waals surface area contributed by atoms with E-state index in [1.165, 1.54) is 10.4 Å². The third kappa shape index (κ3) is 5.46. The summed E-state index contributed by atoms with van der Waals surface area (Å²) in [5, 5.41) is 5.07. The van der Waals surface area contributed by atoms with E-state index >= 15 is 0 Å². The molecule has 1 aromatic heterocycles. The fourth-order valence-electron chi connectivity index (χ4n) is 5.09. The SMILES string of the molecule is CCOc1ccc(S(=O)(=O)N(CC(=O)Nc2ccc3c(c2)c2ccccc2n3CC)Cc2ccccc2)cc1C. The second kappa shape index (κ2) is 11.5. The van der Waals surface area contributed by atoms with Crippen LogP contribution in [0.1, 0.15) is 25.0 Å². The summed E-state index contributed by atoms with van der Waals surface area (Å²) < 4.78 is 36.7. The van der Waals surface area contributed by atoms with Crippen LogP contribution in [-0.2, 0) is 27.9 Å². The van der Waals surface area contributed by atoms with Gasteiger partial charge in [-0.3, -0.25) is 4.79 Å². The van der Waals surface area contributed by atoms with Crippen molar-refractivity contribution >= 4 is 43.4 Å². The third-order valence-corrected chi connectivity index (χ3v) is 8.77. The summed E-state index contributed by atoms with van der Waals surface area (Å²) in [6.45, 7) is 6.83. The standard InChI is InChI=1S/C32H33N3O4S/c1-4-35-29-14-10-9-13-27(29)28-20-25(15-17-30(28)35)33-32(36)22-34(21-24-11-7-6-8-12-24)40(37,38)26-16-18-31(39-5-2)23(3)19-26/h6-20H,4-5,21-22H2,1-3H3,(H,33,36). The second-order valence-electron chi connectivity index (χ2n) is 9.66. The number of anilines is 1. The molecule has 0 saturated carbocycles. The fraction of sp³-hybridized carbons (Fsp3) is 0.219. The van der Waals surface area contributed by atoms with Crippen LogP contribution in [0.4, 0.5) is 5.69 Å². The van der Waals surface area contributed by atoms with Gasteiger partial charge in [0.1, 0.15) is 5.75 Å². The molecule has 0 saturated heterocycles. The Kier molecular flexibility index (Phi) is 7.91. The number of aryl methyl sites for hydroxylation is 2. The van der Waals surface area contributed by atoms with E-state index in [0.717, 1.165) is 33.9 Å². The van der Waals surface area contributed by atoms with Gasteiger partial charge in [0.2, 0.25) is 15.9 Å². The predicted octanol–water partition coefficient (Wildman–Crippen LogP) is 6.35. The van der Waals surface area contributed by atoms with Gasteiger partial charge in [-0.15, -0.1) is 0 Å². The van der Waals surface area contributed by atoms with Gasteiger partial charge < -0.3 is 14.6 Å². The molecular weight excluding hydrogens is 522 g/mol. The fourth-order valence-corrected chi connectivity index (χ4v) is 6.56. The molecule has 1 N–H and O–H groups in total. The molecule has 206 valence electrons. The monoisotopic (exact) mass is 555 g/mol. The molecule has 0 atom stereocenters. The Morgan fingerprint density at radius 1 is 0.875 bits per heavy atom. The van der Waals surface area contributed by atoms with Crippen LogP contribution in [-0.4, -0.2) is 36.3 Å².